The molecule has 2 aromatic carbocycles. The number of anilines is 1. The van der Waals surface area contributed by atoms with Crippen molar-refractivity contribution in [2.75, 3.05) is 30.3 Å². The Morgan fingerprint density at radius 3 is 2.59 bits per heavy atom. The van der Waals surface area contributed by atoms with E-state index in [2.05, 4.69) is 5.32 Å². The molecule has 1 amide bonds. The number of nitrogens with one attached hydrogen (secondary N) is 1. The minimum Gasteiger partial charge on any atom is -0.492 e. The second-order valence-corrected chi connectivity index (χ2v) is 8.14. The molecule has 0 radical (unpaired) electrons. The predicted octanol–water partition coefficient (Wildman–Crippen LogP) is 2.75. The Morgan fingerprint density at radius 2 is 1.96 bits per heavy atom. The minimum atomic E-state index is -3.83. The Kier molecular flexibility index (Phi) is 7.04. The zero-order valence-corrected chi connectivity index (χ0v) is 16.5. The van der Waals surface area contributed by atoms with Gasteiger partial charge in [0.15, 0.2) is 0 Å². The van der Waals surface area contributed by atoms with Crippen molar-refractivity contribution in [3.63, 3.8) is 0 Å². The molecule has 0 spiro atoms. The van der Waals surface area contributed by atoms with Crippen LogP contribution in [0.25, 0.3) is 0 Å². The van der Waals surface area contributed by atoms with Gasteiger partial charge in [0.25, 0.3) is 0 Å². The smallest absolute Gasteiger partial charge is 0.240 e. The summed E-state index contributed by atoms with van der Waals surface area (Å²) in [6.07, 6.45) is 0.914. The van der Waals surface area contributed by atoms with Crippen molar-refractivity contribution in [3.05, 3.63) is 58.9 Å². The van der Waals surface area contributed by atoms with E-state index in [4.69, 9.17) is 16.3 Å². The van der Waals surface area contributed by atoms with E-state index in [-0.39, 0.29) is 18.8 Å². The van der Waals surface area contributed by atoms with Crippen molar-refractivity contribution in [1.82, 2.24) is 5.32 Å². The number of hydrogen-bond acceptors (Lipinski definition) is 4. The Bertz CT molecular complexity index is 921. The van der Waals surface area contributed by atoms with Crippen LogP contribution in [0.2, 0.25) is 5.02 Å². The van der Waals surface area contributed by atoms with Crippen molar-refractivity contribution >= 4 is 33.2 Å². The summed E-state index contributed by atoms with van der Waals surface area (Å²) in [7, 11) is -3.83. The fraction of sp³-hybridized carbons (Fsp3) is 0.278. The number of aryl methyl sites for hydroxylation is 1. The van der Waals surface area contributed by atoms with Crippen LogP contribution < -0.4 is 14.4 Å². The number of carbonyl (C=O) groups excluding carboxylic acids is 1. The third kappa shape index (κ3) is 6.11. The number of ether oxygens (including phenoxy) is 1. The zero-order valence-electron chi connectivity index (χ0n) is 14.9. The van der Waals surface area contributed by atoms with E-state index in [1.807, 2.05) is 13.0 Å². The van der Waals surface area contributed by atoms with Crippen molar-refractivity contribution in [2.45, 2.75) is 6.92 Å². The van der Waals surface area contributed by atoms with Crippen molar-refractivity contribution < 1.29 is 22.3 Å². The van der Waals surface area contributed by atoms with E-state index in [1.165, 1.54) is 18.2 Å². The monoisotopic (exact) mass is 414 g/mol. The molecular formula is C18H20ClFN2O4S. The SMILES string of the molecule is Cc1ccc(OCCNC(=O)CN(c2ccccc2F)S(C)(=O)=O)cc1Cl. The van der Waals surface area contributed by atoms with E-state index in [0.717, 1.165) is 22.2 Å². The fourth-order valence-corrected chi connectivity index (χ4v) is 3.27. The number of hydrogen-bond donors (Lipinski definition) is 1. The first-order valence-electron chi connectivity index (χ1n) is 8.06. The molecule has 0 atom stereocenters. The minimum absolute atomic E-state index is 0.152. The van der Waals surface area contributed by atoms with Gasteiger partial charge < -0.3 is 10.1 Å². The average Bonchev–Trinajstić information content (AvgIpc) is 2.59. The van der Waals surface area contributed by atoms with Gasteiger partial charge >= 0.3 is 0 Å². The lowest BCUT2D eigenvalue weighted by Gasteiger charge is -2.22. The van der Waals surface area contributed by atoms with Crippen LogP contribution in [-0.2, 0) is 14.8 Å². The van der Waals surface area contributed by atoms with Crippen LogP contribution in [0.4, 0.5) is 10.1 Å². The number of carbonyl (C=O) groups is 1. The third-order valence-electron chi connectivity index (χ3n) is 3.64. The van der Waals surface area contributed by atoms with Crippen molar-refractivity contribution in [3.8, 4) is 5.75 Å². The van der Waals surface area contributed by atoms with Gasteiger partial charge in [-0.05, 0) is 36.8 Å². The number of amides is 1. The molecule has 0 saturated carbocycles. The molecule has 1 N–H and O–H groups in total. The Balaban J connectivity index is 1.91. The van der Waals surface area contributed by atoms with E-state index in [0.29, 0.717) is 10.8 Å². The highest BCUT2D eigenvalue weighted by Gasteiger charge is 2.23. The van der Waals surface area contributed by atoms with Gasteiger partial charge in [0.2, 0.25) is 15.9 Å². The predicted molar refractivity (Wildman–Crippen MR) is 103 cm³/mol. The Hall–Kier alpha value is -2.32. The Labute approximate surface area is 162 Å². The van der Waals surface area contributed by atoms with Crippen LogP contribution >= 0.6 is 11.6 Å². The molecule has 0 aromatic heterocycles. The lowest BCUT2D eigenvalue weighted by atomic mass is 10.2. The van der Waals surface area contributed by atoms with E-state index in [1.54, 1.807) is 12.1 Å². The summed E-state index contributed by atoms with van der Waals surface area (Å²) in [4.78, 5) is 12.1. The summed E-state index contributed by atoms with van der Waals surface area (Å²) in [5, 5.41) is 3.12. The molecule has 0 unspecified atom stereocenters. The number of halogens is 2. The molecule has 2 aromatic rings. The molecule has 146 valence electrons. The quantitative estimate of drug-likeness (QED) is 0.674. The molecule has 0 saturated heterocycles. The van der Waals surface area contributed by atoms with Gasteiger partial charge in [-0.15, -0.1) is 0 Å². The van der Waals surface area contributed by atoms with Gasteiger partial charge in [0, 0.05) is 5.02 Å². The first-order chi connectivity index (χ1) is 12.7. The highest BCUT2D eigenvalue weighted by Crippen LogP contribution is 2.22. The van der Waals surface area contributed by atoms with Crippen LogP contribution in [0, 0.1) is 12.7 Å². The van der Waals surface area contributed by atoms with E-state index < -0.39 is 28.3 Å². The number of sulfonamides is 1. The van der Waals surface area contributed by atoms with Crippen molar-refractivity contribution in [1.29, 1.82) is 0 Å². The highest BCUT2D eigenvalue weighted by atomic mass is 35.5. The van der Waals surface area contributed by atoms with Crippen LogP contribution in [0.3, 0.4) is 0 Å². The largest absolute Gasteiger partial charge is 0.492 e. The van der Waals surface area contributed by atoms with Gasteiger partial charge in [-0.2, -0.15) is 0 Å². The number of para-hydroxylation sites is 1. The molecule has 0 aliphatic heterocycles. The lowest BCUT2D eigenvalue weighted by molar-refractivity contribution is -0.119. The number of nitrogens with zero attached hydrogens (tertiary/aromatic N) is 1. The first-order valence-corrected chi connectivity index (χ1v) is 10.3. The van der Waals surface area contributed by atoms with Crippen molar-refractivity contribution in [2.24, 2.45) is 0 Å². The molecule has 0 fully saturated rings. The second-order valence-electron chi connectivity index (χ2n) is 5.83. The summed E-state index contributed by atoms with van der Waals surface area (Å²) in [5.41, 5.74) is 0.743. The molecule has 6 nitrogen and oxygen atoms in total. The standard InChI is InChI=1S/C18H20ClFN2O4S/c1-13-7-8-14(11-15(13)19)26-10-9-21-18(23)12-22(27(2,24)25)17-6-4-3-5-16(17)20/h3-8,11H,9-10,12H2,1-2H3,(H,21,23). The number of benzene rings is 2. The number of rotatable bonds is 8. The van der Waals surface area contributed by atoms with E-state index >= 15 is 0 Å². The topological polar surface area (TPSA) is 75.7 Å². The van der Waals surface area contributed by atoms with Gasteiger partial charge in [-0.25, -0.2) is 12.8 Å². The highest BCUT2D eigenvalue weighted by molar-refractivity contribution is 7.92. The van der Waals surface area contributed by atoms with Gasteiger partial charge in [-0.1, -0.05) is 29.8 Å². The lowest BCUT2D eigenvalue weighted by Crippen LogP contribution is -2.41. The van der Waals surface area contributed by atoms with Gasteiger partial charge in [0.1, 0.15) is 24.7 Å². The molecular weight excluding hydrogens is 395 g/mol. The normalized spacial score (nSPS) is 11.1. The maximum absolute atomic E-state index is 13.9. The average molecular weight is 415 g/mol. The maximum Gasteiger partial charge on any atom is 0.240 e. The Morgan fingerprint density at radius 1 is 1.26 bits per heavy atom. The van der Waals surface area contributed by atoms with Crippen LogP contribution in [0.15, 0.2) is 42.5 Å². The summed E-state index contributed by atoms with van der Waals surface area (Å²) in [6, 6.07) is 10.6. The van der Waals surface area contributed by atoms with Crippen LogP contribution in [0.1, 0.15) is 5.56 Å². The molecule has 0 heterocycles. The fourth-order valence-electron chi connectivity index (χ4n) is 2.24. The van der Waals surface area contributed by atoms with E-state index in [9.17, 15) is 17.6 Å². The van der Waals surface area contributed by atoms with Crippen LogP contribution in [0.5, 0.6) is 5.75 Å². The molecule has 9 heteroatoms. The zero-order chi connectivity index (χ0) is 20.0. The molecule has 0 aliphatic rings. The summed E-state index contributed by atoms with van der Waals surface area (Å²) in [6.45, 7) is 1.66. The molecule has 0 aliphatic carbocycles. The van der Waals surface area contributed by atoms with Gasteiger partial charge in [0.05, 0.1) is 18.5 Å². The summed E-state index contributed by atoms with van der Waals surface area (Å²) < 4.78 is 44.0. The van der Waals surface area contributed by atoms with Gasteiger partial charge in [-0.3, -0.25) is 9.10 Å². The molecule has 2 rings (SSSR count). The van der Waals surface area contributed by atoms with Crippen LogP contribution in [-0.4, -0.2) is 40.3 Å². The first kappa shape index (κ1) is 21.0. The summed E-state index contributed by atoms with van der Waals surface area (Å²) >= 11 is 6.01. The molecule has 27 heavy (non-hydrogen) atoms. The second kappa shape index (κ2) is 9.05. The molecule has 0 bridgehead atoms. The summed E-state index contributed by atoms with van der Waals surface area (Å²) in [5.74, 6) is -0.742. The maximum atomic E-state index is 13.9. The third-order valence-corrected chi connectivity index (χ3v) is 5.18.